The molecule has 3 fully saturated rings. The van der Waals surface area contributed by atoms with E-state index in [4.69, 9.17) is 0 Å². The minimum atomic E-state index is -1.04. The number of hydrogen-bond donors (Lipinski definition) is 2. The number of allylic oxidation sites excluding steroid dienone is 3. The van der Waals surface area contributed by atoms with Gasteiger partial charge in [-0.2, -0.15) is 0 Å². The van der Waals surface area contributed by atoms with E-state index >= 15 is 0 Å². The highest BCUT2D eigenvalue weighted by atomic mass is 16.4. The predicted octanol–water partition coefficient (Wildman–Crippen LogP) is 7.40. The fraction of sp³-hybridized carbons (Fsp3) is 0.833. The molecule has 0 aromatic rings. The number of hydrogen-bond acceptors (Lipinski definition) is 2. The van der Waals surface area contributed by atoms with Crippen LogP contribution in [0.1, 0.15) is 106 Å². The highest BCUT2D eigenvalue weighted by molar-refractivity contribution is 5.74. The normalized spacial score (nSPS) is 50.9. The van der Waals surface area contributed by atoms with Gasteiger partial charge >= 0.3 is 5.97 Å². The lowest BCUT2D eigenvalue weighted by Crippen LogP contribution is -2.57. The Morgan fingerprint density at radius 2 is 1.73 bits per heavy atom. The molecule has 0 radical (unpaired) electrons. The molecule has 0 amide bonds. The van der Waals surface area contributed by atoms with E-state index in [1.54, 1.807) is 12.5 Å². The van der Waals surface area contributed by atoms with Crippen molar-refractivity contribution in [2.75, 3.05) is 0 Å². The summed E-state index contributed by atoms with van der Waals surface area (Å²) < 4.78 is 0. The van der Waals surface area contributed by atoms with Crippen LogP contribution in [-0.2, 0) is 4.79 Å². The van der Waals surface area contributed by atoms with E-state index in [-0.39, 0.29) is 10.8 Å². The van der Waals surface area contributed by atoms with E-state index in [1.165, 1.54) is 31.3 Å². The van der Waals surface area contributed by atoms with Crippen LogP contribution in [0, 0.1) is 45.3 Å². The average molecular weight is 457 g/mol. The standard InChI is InChI=1S/C30H48O3/c1-19-13-16-27(4)17-18-30(7)23(25(27)21(19)3)11-10-22-20(2)9-12-24(31)28(5,26(32)33)14-8-15-29(22,30)6/h11,20-22,24-25,31H,1,8-10,12-18H2,2-7H3,(H,32,33). The summed E-state index contributed by atoms with van der Waals surface area (Å²) in [6.07, 6.45) is 11.9. The first-order valence-electron chi connectivity index (χ1n) is 13.6. The molecule has 0 spiro atoms. The highest BCUT2D eigenvalue weighted by Gasteiger charge is 2.61. The van der Waals surface area contributed by atoms with Gasteiger partial charge in [-0.05, 0) is 105 Å². The minimum Gasteiger partial charge on any atom is -0.481 e. The zero-order chi connectivity index (χ0) is 24.4. The second kappa shape index (κ2) is 8.25. The predicted molar refractivity (Wildman–Crippen MR) is 135 cm³/mol. The fourth-order valence-electron chi connectivity index (χ4n) is 9.01. The van der Waals surface area contributed by atoms with E-state index in [0.717, 1.165) is 25.7 Å². The van der Waals surface area contributed by atoms with E-state index < -0.39 is 17.5 Å². The summed E-state index contributed by atoms with van der Waals surface area (Å²) in [6.45, 7) is 18.6. The lowest BCUT2D eigenvalue weighted by molar-refractivity contribution is -0.157. The van der Waals surface area contributed by atoms with Crippen molar-refractivity contribution in [1.82, 2.24) is 0 Å². The molecular weight excluding hydrogens is 408 g/mol. The van der Waals surface area contributed by atoms with Crippen LogP contribution in [0.4, 0.5) is 0 Å². The maximum atomic E-state index is 12.2. The van der Waals surface area contributed by atoms with Crippen LogP contribution in [0.25, 0.3) is 0 Å². The van der Waals surface area contributed by atoms with Gasteiger partial charge in [0.25, 0.3) is 0 Å². The molecule has 9 unspecified atom stereocenters. The molecule has 0 aromatic carbocycles. The van der Waals surface area contributed by atoms with Crippen molar-refractivity contribution in [3.63, 3.8) is 0 Å². The van der Waals surface area contributed by atoms with Gasteiger partial charge in [0.2, 0.25) is 0 Å². The Labute approximate surface area is 202 Å². The lowest BCUT2D eigenvalue weighted by Gasteiger charge is -2.65. The van der Waals surface area contributed by atoms with Crippen LogP contribution in [0.3, 0.4) is 0 Å². The number of rotatable bonds is 1. The van der Waals surface area contributed by atoms with Gasteiger partial charge in [0.15, 0.2) is 0 Å². The molecule has 2 N–H and O–H groups in total. The maximum Gasteiger partial charge on any atom is 0.311 e. The molecule has 3 heteroatoms. The summed E-state index contributed by atoms with van der Waals surface area (Å²) >= 11 is 0. The number of aliphatic hydroxyl groups is 1. The number of aliphatic hydroxyl groups excluding tert-OH is 1. The first kappa shape index (κ1) is 25.0. The highest BCUT2D eigenvalue weighted by Crippen LogP contribution is 2.70. The molecule has 4 rings (SSSR count). The van der Waals surface area contributed by atoms with Crippen LogP contribution >= 0.6 is 0 Å². The summed E-state index contributed by atoms with van der Waals surface area (Å²) in [6, 6.07) is 0. The first-order chi connectivity index (χ1) is 15.3. The van der Waals surface area contributed by atoms with Crippen LogP contribution in [0.2, 0.25) is 0 Å². The van der Waals surface area contributed by atoms with Crippen molar-refractivity contribution in [3.05, 3.63) is 23.8 Å². The third-order valence-electron chi connectivity index (χ3n) is 11.9. The molecule has 186 valence electrons. The van der Waals surface area contributed by atoms with Crippen molar-refractivity contribution in [1.29, 1.82) is 0 Å². The largest absolute Gasteiger partial charge is 0.481 e. The van der Waals surface area contributed by atoms with Crippen molar-refractivity contribution in [3.8, 4) is 0 Å². The number of aliphatic carboxylic acids is 1. The molecular formula is C30H48O3. The van der Waals surface area contributed by atoms with Crippen LogP contribution in [0.15, 0.2) is 23.8 Å². The molecule has 0 aromatic heterocycles. The molecule has 0 aliphatic heterocycles. The lowest BCUT2D eigenvalue weighted by atomic mass is 9.39. The molecule has 4 aliphatic carbocycles. The minimum absolute atomic E-state index is 0.150. The van der Waals surface area contributed by atoms with E-state index in [0.29, 0.717) is 41.9 Å². The Balaban J connectivity index is 1.74. The van der Waals surface area contributed by atoms with Gasteiger partial charge in [-0.15, -0.1) is 0 Å². The SMILES string of the molecule is C=C1CCC2(C)CCC3(C)C(=CCC4C(C)CCC(O)C(C)(C(=O)O)CCCC43C)C2C1C. The van der Waals surface area contributed by atoms with Gasteiger partial charge < -0.3 is 10.2 Å². The van der Waals surface area contributed by atoms with Gasteiger partial charge in [-0.25, -0.2) is 0 Å². The first-order valence-corrected chi connectivity index (χ1v) is 13.6. The molecule has 0 bridgehead atoms. The molecule has 9 atom stereocenters. The molecule has 3 saturated carbocycles. The molecule has 4 aliphatic rings. The maximum absolute atomic E-state index is 12.2. The van der Waals surface area contributed by atoms with Gasteiger partial charge in [0, 0.05) is 0 Å². The zero-order valence-corrected chi connectivity index (χ0v) is 22.0. The van der Waals surface area contributed by atoms with E-state index in [1.807, 2.05) is 0 Å². The second-order valence-corrected chi connectivity index (χ2v) is 13.5. The number of fused-ring (bicyclic) bond motifs is 5. The van der Waals surface area contributed by atoms with Gasteiger partial charge in [0.1, 0.15) is 0 Å². The van der Waals surface area contributed by atoms with Crippen LogP contribution in [-0.4, -0.2) is 22.3 Å². The molecule has 33 heavy (non-hydrogen) atoms. The Bertz CT molecular complexity index is 843. The van der Waals surface area contributed by atoms with Crippen molar-refractivity contribution < 1.29 is 15.0 Å². The Morgan fingerprint density at radius 3 is 2.39 bits per heavy atom. The van der Waals surface area contributed by atoms with Crippen molar-refractivity contribution >= 4 is 5.97 Å². The van der Waals surface area contributed by atoms with Gasteiger partial charge in [0.05, 0.1) is 11.5 Å². The number of carboxylic acid groups (broad SMARTS) is 1. The van der Waals surface area contributed by atoms with Gasteiger partial charge in [-0.1, -0.05) is 64.8 Å². The van der Waals surface area contributed by atoms with Crippen LogP contribution < -0.4 is 0 Å². The van der Waals surface area contributed by atoms with Crippen LogP contribution in [0.5, 0.6) is 0 Å². The summed E-state index contributed by atoms with van der Waals surface area (Å²) in [7, 11) is 0. The monoisotopic (exact) mass is 456 g/mol. The van der Waals surface area contributed by atoms with E-state index in [9.17, 15) is 15.0 Å². The molecule has 3 nitrogen and oxygen atoms in total. The molecule has 0 heterocycles. The number of carbonyl (C=O) groups is 1. The summed E-state index contributed by atoms with van der Waals surface area (Å²) in [5, 5.41) is 20.8. The average Bonchev–Trinajstić information content (AvgIpc) is 2.75. The summed E-state index contributed by atoms with van der Waals surface area (Å²) in [5.74, 6) is 1.34. The van der Waals surface area contributed by atoms with Crippen molar-refractivity contribution in [2.45, 2.75) is 112 Å². The smallest absolute Gasteiger partial charge is 0.311 e. The third-order valence-corrected chi connectivity index (χ3v) is 11.9. The Kier molecular flexibility index (Phi) is 6.25. The number of carboxylic acids is 1. The van der Waals surface area contributed by atoms with Crippen molar-refractivity contribution in [2.24, 2.45) is 45.3 Å². The Hall–Kier alpha value is -1.09. The fourth-order valence-corrected chi connectivity index (χ4v) is 9.01. The topological polar surface area (TPSA) is 57.5 Å². The molecule has 0 saturated heterocycles. The third kappa shape index (κ3) is 3.58. The quantitative estimate of drug-likeness (QED) is 0.404. The van der Waals surface area contributed by atoms with E-state index in [2.05, 4.69) is 47.3 Å². The zero-order valence-electron chi connectivity index (χ0n) is 22.0. The second-order valence-electron chi connectivity index (χ2n) is 13.5. The summed E-state index contributed by atoms with van der Waals surface area (Å²) in [4.78, 5) is 12.2. The summed E-state index contributed by atoms with van der Waals surface area (Å²) in [5.41, 5.74) is 2.77. The Morgan fingerprint density at radius 1 is 1.03 bits per heavy atom. The van der Waals surface area contributed by atoms with Gasteiger partial charge in [-0.3, -0.25) is 4.79 Å².